The van der Waals surface area contributed by atoms with E-state index in [0.717, 1.165) is 50.0 Å². The molecule has 29 heavy (non-hydrogen) atoms. The Labute approximate surface area is 170 Å². The van der Waals surface area contributed by atoms with Crippen molar-refractivity contribution in [3.63, 3.8) is 0 Å². The van der Waals surface area contributed by atoms with E-state index in [1.165, 1.54) is 11.0 Å². The number of carbonyl (C=O) groups is 2. The van der Waals surface area contributed by atoms with Crippen molar-refractivity contribution in [3.05, 3.63) is 29.6 Å². The number of fused-ring (bicyclic) bond motifs is 2. The average Bonchev–Trinajstić information content (AvgIpc) is 3.01. The van der Waals surface area contributed by atoms with E-state index in [2.05, 4.69) is 4.90 Å². The van der Waals surface area contributed by atoms with Gasteiger partial charge in [-0.05, 0) is 62.5 Å². The Morgan fingerprint density at radius 2 is 1.79 bits per heavy atom. The number of hydrogen-bond acceptors (Lipinski definition) is 3. The van der Waals surface area contributed by atoms with Crippen molar-refractivity contribution in [1.82, 2.24) is 14.7 Å². The third kappa shape index (κ3) is 3.54. The minimum atomic E-state index is -0.837. The number of rotatable bonds is 1. The second-order valence-corrected chi connectivity index (χ2v) is 8.74. The SMILES string of the molecule is CN(C)C(=O)N1CC2(CCN(C3CCN(C(=O)O)CC3)CC2)c2cc(F)ccc21. The largest absolute Gasteiger partial charge is 0.465 e. The third-order valence-electron chi connectivity index (χ3n) is 6.90. The van der Waals surface area contributed by atoms with Gasteiger partial charge in [-0.2, -0.15) is 0 Å². The summed E-state index contributed by atoms with van der Waals surface area (Å²) in [7, 11) is 3.48. The molecule has 0 unspecified atom stereocenters. The molecule has 0 bridgehead atoms. The Kier molecular flexibility index (Phi) is 5.14. The summed E-state index contributed by atoms with van der Waals surface area (Å²) in [6.07, 6.45) is 2.63. The lowest BCUT2D eigenvalue weighted by molar-refractivity contribution is 0.0686. The predicted octanol–water partition coefficient (Wildman–Crippen LogP) is 2.80. The van der Waals surface area contributed by atoms with Crippen molar-refractivity contribution in [1.29, 1.82) is 0 Å². The number of carboxylic acid groups (broad SMARTS) is 1. The van der Waals surface area contributed by atoms with Crippen LogP contribution in [0.15, 0.2) is 18.2 Å². The van der Waals surface area contributed by atoms with Crippen molar-refractivity contribution < 1.29 is 19.1 Å². The first-order valence-corrected chi connectivity index (χ1v) is 10.3. The molecule has 3 heterocycles. The molecule has 3 aliphatic heterocycles. The smallest absolute Gasteiger partial charge is 0.407 e. The number of hydrogen-bond donors (Lipinski definition) is 1. The quantitative estimate of drug-likeness (QED) is 0.782. The first kappa shape index (κ1) is 19.9. The highest BCUT2D eigenvalue weighted by Gasteiger charge is 2.47. The van der Waals surface area contributed by atoms with E-state index < -0.39 is 6.09 Å². The molecule has 2 saturated heterocycles. The Morgan fingerprint density at radius 1 is 1.14 bits per heavy atom. The van der Waals surface area contributed by atoms with E-state index in [4.69, 9.17) is 5.11 Å². The lowest BCUT2D eigenvalue weighted by atomic mass is 9.74. The molecule has 0 saturated carbocycles. The predicted molar refractivity (Wildman–Crippen MR) is 108 cm³/mol. The summed E-state index contributed by atoms with van der Waals surface area (Å²) in [5, 5.41) is 9.14. The van der Waals surface area contributed by atoms with Gasteiger partial charge in [-0.3, -0.25) is 4.90 Å². The molecule has 3 aliphatic rings. The molecular weight excluding hydrogens is 375 g/mol. The molecule has 4 rings (SSSR count). The molecule has 0 radical (unpaired) electrons. The van der Waals surface area contributed by atoms with Crippen molar-refractivity contribution in [2.45, 2.75) is 37.1 Å². The van der Waals surface area contributed by atoms with Crippen LogP contribution in [0.1, 0.15) is 31.2 Å². The van der Waals surface area contributed by atoms with E-state index in [1.54, 1.807) is 36.0 Å². The normalized spacial score (nSPS) is 22.0. The van der Waals surface area contributed by atoms with Gasteiger partial charge in [0.1, 0.15) is 5.82 Å². The minimum Gasteiger partial charge on any atom is -0.465 e. The van der Waals surface area contributed by atoms with E-state index >= 15 is 0 Å². The number of likely N-dealkylation sites (tertiary alicyclic amines) is 2. The fourth-order valence-electron chi connectivity index (χ4n) is 5.22. The van der Waals surface area contributed by atoms with Crippen molar-refractivity contribution in [2.75, 3.05) is 51.7 Å². The number of amides is 3. The number of anilines is 1. The van der Waals surface area contributed by atoms with Gasteiger partial charge in [-0.1, -0.05) is 0 Å². The summed E-state index contributed by atoms with van der Waals surface area (Å²) in [5.41, 5.74) is 1.57. The third-order valence-corrected chi connectivity index (χ3v) is 6.90. The number of nitrogens with zero attached hydrogens (tertiary/aromatic N) is 4. The lowest BCUT2D eigenvalue weighted by Gasteiger charge is -2.45. The Morgan fingerprint density at radius 3 is 2.38 bits per heavy atom. The topological polar surface area (TPSA) is 67.3 Å². The van der Waals surface area contributed by atoms with Crippen molar-refractivity contribution in [2.24, 2.45) is 0 Å². The highest BCUT2D eigenvalue weighted by molar-refractivity contribution is 5.95. The maximum atomic E-state index is 14.1. The molecular formula is C21H29FN4O3. The Balaban J connectivity index is 1.49. The van der Waals surface area contributed by atoms with Gasteiger partial charge < -0.3 is 19.8 Å². The number of halogens is 1. The monoisotopic (exact) mass is 404 g/mol. The van der Waals surface area contributed by atoms with E-state index in [1.807, 2.05) is 0 Å². The first-order chi connectivity index (χ1) is 13.8. The summed E-state index contributed by atoms with van der Waals surface area (Å²) in [6, 6.07) is 5.10. The number of urea groups is 1. The van der Waals surface area contributed by atoms with Gasteiger partial charge in [0, 0.05) is 50.9 Å². The number of piperidine rings is 2. The summed E-state index contributed by atoms with van der Waals surface area (Å²) in [5.74, 6) is -0.259. The molecule has 8 heteroatoms. The van der Waals surface area contributed by atoms with Crippen LogP contribution in [-0.2, 0) is 5.41 Å². The highest BCUT2D eigenvalue weighted by atomic mass is 19.1. The molecule has 0 aromatic heterocycles. The van der Waals surface area contributed by atoms with Gasteiger partial charge in [-0.15, -0.1) is 0 Å². The van der Waals surface area contributed by atoms with Gasteiger partial charge in [0.25, 0.3) is 0 Å². The molecule has 3 amide bonds. The zero-order valence-corrected chi connectivity index (χ0v) is 17.1. The van der Waals surface area contributed by atoms with Crippen LogP contribution in [0.2, 0.25) is 0 Å². The molecule has 1 aromatic rings. The van der Waals surface area contributed by atoms with Gasteiger partial charge in [0.15, 0.2) is 0 Å². The lowest BCUT2D eigenvalue weighted by Crippen LogP contribution is -2.52. The molecule has 2 fully saturated rings. The molecule has 0 atom stereocenters. The van der Waals surface area contributed by atoms with Crippen LogP contribution in [-0.4, -0.2) is 84.8 Å². The minimum absolute atomic E-state index is 0.0711. The molecule has 1 spiro atoms. The molecule has 1 N–H and O–H groups in total. The van der Waals surface area contributed by atoms with Crippen molar-refractivity contribution >= 4 is 17.8 Å². The standard InChI is InChI=1S/C21H29FN4O3/c1-23(2)19(27)26-14-21(17-13-15(22)3-4-18(17)26)7-11-24(12-8-21)16-5-9-25(10-6-16)20(28)29/h3-4,13,16H,5-12,14H2,1-2H3,(H,28,29). The molecule has 158 valence electrons. The van der Waals surface area contributed by atoms with E-state index in [9.17, 15) is 14.0 Å². The Hall–Kier alpha value is -2.35. The summed E-state index contributed by atoms with van der Waals surface area (Å²) in [6.45, 7) is 3.53. The zero-order valence-electron chi connectivity index (χ0n) is 17.1. The van der Waals surface area contributed by atoms with E-state index in [0.29, 0.717) is 25.7 Å². The second kappa shape index (κ2) is 7.48. The zero-order chi connectivity index (χ0) is 20.8. The van der Waals surface area contributed by atoms with Crippen LogP contribution in [0.5, 0.6) is 0 Å². The molecule has 1 aromatic carbocycles. The maximum absolute atomic E-state index is 14.1. The summed E-state index contributed by atoms with van der Waals surface area (Å²) >= 11 is 0. The second-order valence-electron chi connectivity index (χ2n) is 8.74. The number of carbonyl (C=O) groups excluding carboxylic acids is 1. The van der Waals surface area contributed by atoms with Crippen LogP contribution in [0, 0.1) is 5.82 Å². The van der Waals surface area contributed by atoms with Crippen LogP contribution in [0.4, 0.5) is 19.7 Å². The molecule has 7 nitrogen and oxygen atoms in total. The van der Waals surface area contributed by atoms with Gasteiger partial charge in [0.2, 0.25) is 0 Å². The van der Waals surface area contributed by atoms with Gasteiger partial charge in [-0.25, -0.2) is 14.0 Å². The van der Waals surface area contributed by atoms with E-state index in [-0.39, 0.29) is 17.3 Å². The maximum Gasteiger partial charge on any atom is 0.407 e. The van der Waals surface area contributed by atoms with Gasteiger partial charge in [0.05, 0.1) is 0 Å². The first-order valence-electron chi connectivity index (χ1n) is 10.3. The van der Waals surface area contributed by atoms with Crippen LogP contribution in [0.25, 0.3) is 0 Å². The summed E-state index contributed by atoms with van der Waals surface area (Å²) < 4.78 is 14.1. The fourth-order valence-corrected chi connectivity index (χ4v) is 5.22. The van der Waals surface area contributed by atoms with Crippen molar-refractivity contribution in [3.8, 4) is 0 Å². The fraction of sp³-hybridized carbons (Fsp3) is 0.619. The highest BCUT2D eigenvalue weighted by Crippen LogP contribution is 2.48. The molecule has 0 aliphatic carbocycles. The Bertz CT molecular complexity index is 799. The number of benzene rings is 1. The average molecular weight is 404 g/mol. The summed E-state index contributed by atoms with van der Waals surface area (Å²) in [4.78, 5) is 31.1. The van der Waals surface area contributed by atoms with Crippen LogP contribution in [0.3, 0.4) is 0 Å². The van der Waals surface area contributed by atoms with Gasteiger partial charge >= 0.3 is 12.1 Å². The van der Waals surface area contributed by atoms with Crippen LogP contribution >= 0.6 is 0 Å². The van der Waals surface area contributed by atoms with Crippen LogP contribution < -0.4 is 4.90 Å².